The zero-order chi connectivity index (χ0) is 12.7. The summed E-state index contributed by atoms with van der Waals surface area (Å²) in [6.45, 7) is 6.06. The van der Waals surface area contributed by atoms with E-state index < -0.39 is 0 Å². The molecule has 2 amide bonds. The molecule has 0 aliphatic carbocycles. The summed E-state index contributed by atoms with van der Waals surface area (Å²) in [6.07, 6.45) is 2.18. The molecular formula is C12H23N3O2. The Morgan fingerprint density at radius 1 is 1.29 bits per heavy atom. The van der Waals surface area contributed by atoms with Gasteiger partial charge in [-0.15, -0.1) is 0 Å². The van der Waals surface area contributed by atoms with Crippen molar-refractivity contribution >= 4 is 11.8 Å². The summed E-state index contributed by atoms with van der Waals surface area (Å²) in [6, 6.07) is 0.240. The lowest BCUT2D eigenvalue weighted by atomic mass is 10.0. The SMILES string of the molecule is CCCNC(=O)CCNC(=O)C1CCNC1C. The molecule has 0 saturated carbocycles. The number of rotatable bonds is 6. The number of carbonyl (C=O) groups excluding carboxylic acids is 2. The van der Waals surface area contributed by atoms with Crippen LogP contribution < -0.4 is 16.0 Å². The van der Waals surface area contributed by atoms with Crippen LogP contribution in [0.4, 0.5) is 0 Å². The molecule has 0 aromatic heterocycles. The molecule has 1 aliphatic heterocycles. The maximum atomic E-state index is 11.8. The first-order valence-corrected chi connectivity index (χ1v) is 6.43. The third kappa shape index (κ3) is 4.73. The Morgan fingerprint density at radius 2 is 2.06 bits per heavy atom. The summed E-state index contributed by atoms with van der Waals surface area (Å²) in [7, 11) is 0. The van der Waals surface area contributed by atoms with Crippen LogP contribution in [0, 0.1) is 5.92 Å². The van der Waals surface area contributed by atoms with Crippen LogP contribution in [-0.2, 0) is 9.59 Å². The number of nitrogens with one attached hydrogen (secondary N) is 3. The quantitative estimate of drug-likeness (QED) is 0.614. The van der Waals surface area contributed by atoms with Gasteiger partial charge in [0.05, 0.1) is 5.92 Å². The highest BCUT2D eigenvalue weighted by molar-refractivity contribution is 5.81. The molecular weight excluding hydrogens is 218 g/mol. The largest absolute Gasteiger partial charge is 0.356 e. The van der Waals surface area contributed by atoms with Gasteiger partial charge in [0, 0.05) is 25.6 Å². The smallest absolute Gasteiger partial charge is 0.224 e. The normalized spacial score (nSPS) is 23.4. The van der Waals surface area contributed by atoms with Crippen molar-refractivity contribution < 1.29 is 9.59 Å². The van der Waals surface area contributed by atoms with Crippen LogP contribution in [0.2, 0.25) is 0 Å². The lowest BCUT2D eigenvalue weighted by Crippen LogP contribution is -2.38. The van der Waals surface area contributed by atoms with E-state index in [4.69, 9.17) is 0 Å². The highest BCUT2D eigenvalue weighted by atomic mass is 16.2. The van der Waals surface area contributed by atoms with Crippen molar-refractivity contribution in [3.8, 4) is 0 Å². The van der Waals surface area contributed by atoms with Crippen LogP contribution >= 0.6 is 0 Å². The van der Waals surface area contributed by atoms with Crippen LogP contribution in [0.25, 0.3) is 0 Å². The van der Waals surface area contributed by atoms with E-state index in [0.29, 0.717) is 19.5 Å². The molecule has 2 atom stereocenters. The van der Waals surface area contributed by atoms with Gasteiger partial charge in [-0.05, 0) is 26.3 Å². The molecule has 1 fully saturated rings. The molecule has 0 spiro atoms. The molecule has 98 valence electrons. The van der Waals surface area contributed by atoms with Crippen LogP contribution in [-0.4, -0.2) is 37.5 Å². The third-order valence-electron chi connectivity index (χ3n) is 3.09. The minimum atomic E-state index is 0.00439. The molecule has 5 heteroatoms. The fourth-order valence-corrected chi connectivity index (χ4v) is 2.00. The van der Waals surface area contributed by atoms with Gasteiger partial charge in [-0.3, -0.25) is 9.59 Å². The first-order valence-electron chi connectivity index (χ1n) is 6.43. The summed E-state index contributed by atoms with van der Waals surface area (Å²) < 4.78 is 0. The highest BCUT2D eigenvalue weighted by Crippen LogP contribution is 2.14. The Bertz CT molecular complexity index is 268. The average Bonchev–Trinajstić information content (AvgIpc) is 2.72. The van der Waals surface area contributed by atoms with Crippen molar-refractivity contribution in [2.45, 2.75) is 39.2 Å². The van der Waals surface area contributed by atoms with Gasteiger partial charge in [-0.25, -0.2) is 0 Å². The summed E-state index contributed by atoms with van der Waals surface area (Å²) in [5, 5.41) is 8.84. The van der Waals surface area contributed by atoms with Gasteiger partial charge in [0.15, 0.2) is 0 Å². The second-order valence-corrected chi connectivity index (χ2v) is 4.53. The van der Waals surface area contributed by atoms with Crippen molar-refractivity contribution in [1.29, 1.82) is 0 Å². The summed E-state index contributed by atoms with van der Waals surface area (Å²) in [5.41, 5.74) is 0. The Balaban J connectivity index is 2.13. The fourth-order valence-electron chi connectivity index (χ4n) is 2.00. The maximum absolute atomic E-state index is 11.8. The molecule has 1 rings (SSSR count). The molecule has 5 nitrogen and oxygen atoms in total. The van der Waals surface area contributed by atoms with Crippen molar-refractivity contribution in [2.24, 2.45) is 5.92 Å². The highest BCUT2D eigenvalue weighted by Gasteiger charge is 2.28. The summed E-state index contributed by atoms with van der Waals surface area (Å²) >= 11 is 0. The second-order valence-electron chi connectivity index (χ2n) is 4.53. The van der Waals surface area contributed by atoms with Crippen molar-refractivity contribution in [3.05, 3.63) is 0 Å². The monoisotopic (exact) mass is 241 g/mol. The Kier molecular flexibility index (Phi) is 5.97. The van der Waals surface area contributed by atoms with Gasteiger partial charge in [-0.1, -0.05) is 6.92 Å². The van der Waals surface area contributed by atoms with Crippen LogP contribution in [0.3, 0.4) is 0 Å². The lowest BCUT2D eigenvalue weighted by Gasteiger charge is -2.14. The molecule has 0 bridgehead atoms. The summed E-state index contributed by atoms with van der Waals surface area (Å²) in [5.74, 6) is 0.115. The first-order chi connectivity index (χ1) is 8.15. The van der Waals surface area contributed by atoms with Gasteiger partial charge in [0.25, 0.3) is 0 Å². The molecule has 3 N–H and O–H groups in total. The number of hydrogen-bond donors (Lipinski definition) is 3. The Labute approximate surface area is 103 Å². The minimum Gasteiger partial charge on any atom is -0.356 e. The van der Waals surface area contributed by atoms with Gasteiger partial charge in [-0.2, -0.15) is 0 Å². The number of amides is 2. The molecule has 1 aliphatic rings. The Hall–Kier alpha value is -1.10. The van der Waals surface area contributed by atoms with E-state index in [0.717, 1.165) is 19.4 Å². The molecule has 0 aromatic carbocycles. The van der Waals surface area contributed by atoms with E-state index in [1.807, 2.05) is 13.8 Å². The van der Waals surface area contributed by atoms with E-state index in [1.54, 1.807) is 0 Å². The minimum absolute atomic E-state index is 0.00439. The van der Waals surface area contributed by atoms with E-state index in [-0.39, 0.29) is 23.8 Å². The standard InChI is InChI=1S/C12H23N3O2/c1-3-6-14-11(16)5-8-15-12(17)10-4-7-13-9(10)2/h9-10,13H,3-8H2,1-2H3,(H,14,16)(H,15,17). The van der Waals surface area contributed by atoms with Gasteiger partial charge in [0.1, 0.15) is 0 Å². The van der Waals surface area contributed by atoms with E-state index >= 15 is 0 Å². The van der Waals surface area contributed by atoms with Crippen molar-refractivity contribution in [2.75, 3.05) is 19.6 Å². The van der Waals surface area contributed by atoms with E-state index in [2.05, 4.69) is 16.0 Å². The average molecular weight is 241 g/mol. The third-order valence-corrected chi connectivity index (χ3v) is 3.09. The topological polar surface area (TPSA) is 70.2 Å². The molecule has 0 radical (unpaired) electrons. The zero-order valence-electron chi connectivity index (χ0n) is 10.7. The van der Waals surface area contributed by atoms with Crippen LogP contribution in [0.1, 0.15) is 33.1 Å². The van der Waals surface area contributed by atoms with Crippen molar-refractivity contribution in [3.63, 3.8) is 0 Å². The maximum Gasteiger partial charge on any atom is 0.224 e. The van der Waals surface area contributed by atoms with Crippen molar-refractivity contribution in [1.82, 2.24) is 16.0 Å². The van der Waals surface area contributed by atoms with Gasteiger partial charge in [0.2, 0.25) is 11.8 Å². The van der Waals surface area contributed by atoms with Gasteiger partial charge < -0.3 is 16.0 Å². The molecule has 1 saturated heterocycles. The van der Waals surface area contributed by atoms with Crippen LogP contribution in [0.5, 0.6) is 0 Å². The van der Waals surface area contributed by atoms with E-state index in [1.165, 1.54) is 0 Å². The lowest BCUT2D eigenvalue weighted by molar-refractivity contribution is -0.125. The number of carbonyl (C=O) groups is 2. The van der Waals surface area contributed by atoms with E-state index in [9.17, 15) is 9.59 Å². The van der Waals surface area contributed by atoms with Gasteiger partial charge >= 0.3 is 0 Å². The zero-order valence-corrected chi connectivity index (χ0v) is 10.7. The summed E-state index contributed by atoms with van der Waals surface area (Å²) in [4.78, 5) is 23.1. The fraction of sp³-hybridized carbons (Fsp3) is 0.833. The second kappa shape index (κ2) is 7.27. The molecule has 17 heavy (non-hydrogen) atoms. The predicted octanol–water partition coefficient (Wildman–Crippen LogP) is 0.0169. The number of hydrogen-bond acceptors (Lipinski definition) is 3. The molecule has 1 heterocycles. The Morgan fingerprint density at radius 3 is 2.65 bits per heavy atom. The molecule has 0 aromatic rings. The molecule has 2 unspecified atom stereocenters. The first kappa shape index (κ1) is 14.0. The predicted molar refractivity (Wildman–Crippen MR) is 66.5 cm³/mol. The van der Waals surface area contributed by atoms with Crippen LogP contribution in [0.15, 0.2) is 0 Å².